The molecule has 0 bridgehead atoms. The number of hydrogen-bond donors (Lipinski definition) is 3. The van der Waals surface area contributed by atoms with Gasteiger partial charge in [-0.25, -0.2) is 4.79 Å². The molecule has 1 unspecified atom stereocenters. The Bertz CT molecular complexity index is 233. The number of rotatable bonds is 2. The monoisotopic (exact) mass is 228 g/mol. The molecular formula is C11H20N2O3. The van der Waals surface area contributed by atoms with E-state index in [2.05, 4.69) is 10.6 Å². The normalized spacial score (nSPS) is 34.7. The Kier molecular flexibility index (Phi) is 4.01. The molecule has 0 aromatic heterocycles. The number of carbonyl (C=O) groups excluding carboxylic acids is 1. The van der Waals surface area contributed by atoms with Gasteiger partial charge in [-0.2, -0.15) is 0 Å². The fourth-order valence-electron chi connectivity index (χ4n) is 2.28. The molecule has 2 aliphatic rings. The van der Waals surface area contributed by atoms with Crippen molar-refractivity contribution in [2.24, 2.45) is 0 Å². The molecule has 1 heterocycles. The number of nitrogens with one attached hydrogen (secondary N) is 2. The van der Waals surface area contributed by atoms with Gasteiger partial charge in [-0.05, 0) is 32.1 Å². The first-order valence-electron chi connectivity index (χ1n) is 6.07. The Balaban J connectivity index is 1.66. The van der Waals surface area contributed by atoms with E-state index in [1.807, 2.05) is 0 Å². The van der Waals surface area contributed by atoms with E-state index < -0.39 is 0 Å². The summed E-state index contributed by atoms with van der Waals surface area (Å²) >= 11 is 0. The van der Waals surface area contributed by atoms with Gasteiger partial charge >= 0.3 is 6.03 Å². The fraction of sp³-hybridized carbons (Fsp3) is 0.909. The summed E-state index contributed by atoms with van der Waals surface area (Å²) in [6.07, 6.45) is 4.04. The maximum Gasteiger partial charge on any atom is 0.315 e. The third-order valence-corrected chi connectivity index (χ3v) is 3.30. The summed E-state index contributed by atoms with van der Waals surface area (Å²) in [6, 6.07) is 0.275. The highest BCUT2D eigenvalue weighted by Crippen LogP contribution is 2.18. The summed E-state index contributed by atoms with van der Waals surface area (Å²) in [7, 11) is 0. The van der Waals surface area contributed by atoms with E-state index in [9.17, 15) is 9.90 Å². The number of ether oxygens (including phenoxy) is 1. The Morgan fingerprint density at radius 2 is 1.75 bits per heavy atom. The van der Waals surface area contributed by atoms with Crippen LogP contribution >= 0.6 is 0 Å². The molecule has 1 saturated carbocycles. The third-order valence-electron chi connectivity index (χ3n) is 3.30. The lowest BCUT2D eigenvalue weighted by Crippen LogP contribution is -2.47. The lowest BCUT2D eigenvalue weighted by atomic mass is 9.93. The maximum absolute atomic E-state index is 11.6. The van der Waals surface area contributed by atoms with Crippen molar-refractivity contribution in [3.63, 3.8) is 0 Å². The molecule has 1 saturated heterocycles. The highest BCUT2D eigenvalue weighted by Gasteiger charge is 2.22. The van der Waals surface area contributed by atoms with E-state index >= 15 is 0 Å². The highest BCUT2D eigenvalue weighted by atomic mass is 16.5. The largest absolute Gasteiger partial charge is 0.393 e. The van der Waals surface area contributed by atoms with Crippen LogP contribution in [0, 0.1) is 0 Å². The SMILES string of the molecule is O=C(NC1CCC(O)CC1)NC1CCOC1. The van der Waals surface area contributed by atoms with Crippen molar-refractivity contribution in [3.8, 4) is 0 Å². The van der Waals surface area contributed by atoms with Crippen molar-refractivity contribution in [3.05, 3.63) is 0 Å². The predicted molar refractivity (Wildman–Crippen MR) is 59.2 cm³/mol. The first-order chi connectivity index (χ1) is 7.74. The molecule has 2 rings (SSSR count). The minimum Gasteiger partial charge on any atom is -0.393 e. The quantitative estimate of drug-likeness (QED) is 0.640. The number of aliphatic hydroxyl groups is 1. The smallest absolute Gasteiger partial charge is 0.315 e. The van der Waals surface area contributed by atoms with Crippen LogP contribution < -0.4 is 10.6 Å². The minimum absolute atomic E-state index is 0.100. The van der Waals surface area contributed by atoms with Crippen molar-refractivity contribution < 1.29 is 14.6 Å². The van der Waals surface area contributed by atoms with Gasteiger partial charge in [-0.3, -0.25) is 0 Å². The average Bonchev–Trinajstić information content (AvgIpc) is 2.74. The Hall–Kier alpha value is -0.810. The summed E-state index contributed by atoms with van der Waals surface area (Å²) in [5.74, 6) is 0. The van der Waals surface area contributed by atoms with Crippen molar-refractivity contribution in [1.82, 2.24) is 10.6 Å². The summed E-state index contributed by atoms with van der Waals surface area (Å²) in [5, 5.41) is 15.2. The van der Waals surface area contributed by atoms with Crippen molar-refractivity contribution in [1.29, 1.82) is 0 Å². The van der Waals surface area contributed by atoms with E-state index in [1.54, 1.807) is 0 Å². The number of amides is 2. The molecule has 0 radical (unpaired) electrons. The van der Waals surface area contributed by atoms with Crippen molar-refractivity contribution in [2.75, 3.05) is 13.2 Å². The van der Waals surface area contributed by atoms with Crippen molar-refractivity contribution >= 4 is 6.03 Å². The molecule has 5 nitrogen and oxygen atoms in total. The van der Waals surface area contributed by atoms with Crippen LogP contribution in [-0.4, -0.2) is 42.5 Å². The predicted octanol–water partition coefficient (Wildman–Crippen LogP) is 0.378. The van der Waals surface area contributed by atoms with Gasteiger partial charge in [0.1, 0.15) is 0 Å². The van der Waals surface area contributed by atoms with Gasteiger partial charge in [0.25, 0.3) is 0 Å². The summed E-state index contributed by atoms with van der Waals surface area (Å²) in [4.78, 5) is 11.6. The molecule has 1 atom stereocenters. The van der Waals surface area contributed by atoms with Gasteiger partial charge in [0, 0.05) is 12.6 Å². The van der Waals surface area contributed by atoms with E-state index in [0.29, 0.717) is 6.61 Å². The van der Waals surface area contributed by atoms with Crippen LogP contribution in [0.1, 0.15) is 32.1 Å². The van der Waals surface area contributed by atoms with Crippen molar-refractivity contribution in [2.45, 2.75) is 50.3 Å². The van der Waals surface area contributed by atoms with Crippen LogP contribution in [-0.2, 0) is 4.74 Å². The van der Waals surface area contributed by atoms with Crippen LogP contribution in [0.2, 0.25) is 0 Å². The molecule has 2 amide bonds. The number of hydrogen-bond acceptors (Lipinski definition) is 3. The zero-order chi connectivity index (χ0) is 11.4. The molecule has 0 aromatic carbocycles. The second-order valence-electron chi connectivity index (χ2n) is 4.68. The molecule has 0 aromatic rings. The van der Waals surface area contributed by atoms with Gasteiger partial charge in [-0.15, -0.1) is 0 Å². The lowest BCUT2D eigenvalue weighted by Gasteiger charge is -2.26. The van der Waals surface area contributed by atoms with Crippen LogP contribution in [0.15, 0.2) is 0 Å². The van der Waals surface area contributed by atoms with Crippen LogP contribution in [0.3, 0.4) is 0 Å². The zero-order valence-electron chi connectivity index (χ0n) is 9.45. The van der Waals surface area contributed by atoms with E-state index in [0.717, 1.165) is 38.7 Å². The van der Waals surface area contributed by atoms with Gasteiger partial charge in [0.15, 0.2) is 0 Å². The molecule has 2 fully saturated rings. The topological polar surface area (TPSA) is 70.6 Å². The molecular weight excluding hydrogens is 208 g/mol. The Morgan fingerprint density at radius 3 is 2.38 bits per heavy atom. The summed E-state index contributed by atoms with van der Waals surface area (Å²) in [5.41, 5.74) is 0. The second kappa shape index (κ2) is 5.50. The summed E-state index contributed by atoms with van der Waals surface area (Å²) in [6.45, 7) is 1.36. The Morgan fingerprint density at radius 1 is 1.06 bits per heavy atom. The first-order valence-corrected chi connectivity index (χ1v) is 6.07. The van der Waals surface area contributed by atoms with Gasteiger partial charge in [0.05, 0.1) is 18.8 Å². The van der Waals surface area contributed by atoms with Crippen LogP contribution in [0.5, 0.6) is 0 Å². The standard InChI is InChI=1S/C11H20N2O3/c14-10-3-1-8(2-4-10)12-11(15)13-9-5-6-16-7-9/h8-10,14H,1-7H2,(H2,12,13,15). The summed E-state index contributed by atoms with van der Waals surface area (Å²) < 4.78 is 5.19. The molecule has 3 N–H and O–H groups in total. The highest BCUT2D eigenvalue weighted by molar-refractivity contribution is 5.74. The number of aliphatic hydroxyl groups excluding tert-OH is 1. The number of carbonyl (C=O) groups is 1. The van der Waals surface area contributed by atoms with Gasteiger partial charge in [0.2, 0.25) is 0 Å². The molecule has 1 aliphatic heterocycles. The van der Waals surface area contributed by atoms with Gasteiger partial charge < -0.3 is 20.5 Å². The molecule has 5 heteroatoms. The second-order valence-corrected chi connectivity index (χ2v) is 4.68. The van der Waals surface area contributed by atoms with E-state index in [1.165, 1.54) is 0 Å². The number of urea groups is 1. The third kappa shape index (κ3) is 3.35. The first kappa shape index (κ1) is 11.7. The molecule has 1 aliphatic carbocycles. The molecule has 92 valence electrons. The molecule has 0 spiro atoms. The van der Waals surface area contributed by atoms with E-state index in [4.69, 9.17) is 4.74 Å². The van der Waals surface area contributed by atoms with Crippen LogP contribution in [0.25, 0.3) is 0 Å². The lowest BCUT2D eigenvalue weighted by molar-refractivity contribution is 0.117. The zero-order valence-corrected chi connectivity index (χ0v) is 9.45. The minimum atomic E-state index is -0.177. The Labute approximate surface area is 95.5 Å². The van der Waals surface area contributed by atoms with Gasteiger partial charge in [-0.1, -0.05) is 0 Å². The molecule has 16 heavy (non-hydrogen) atoms. The maximum atomic E-state index is 11.6. The van der Waals surface area contributed by atoms with Crippen LogP contribution in [0.4, 0.5) is 4.79 Å². The fourth-order valence-corrected chi connectivity index (χ4v) is 2.28. The average molecular weight is 228 g/mol. The van der Waals surface area contributed by atoms with E-state index in [-0.39, 0.29) is 24.2 Å².